The fourth-order valence-electron chi connectivity index (χ4n) is 3.34. The van der Waals surface area contributed by atoms with Gasteiger partial charge in [-0.05, 0) is 81.5 Å². The summed E-state index contributed by atoms with van der Waals surface area (Å²) in [6.07, 6.45) is -0.482. The summed E-state index contributed by atoms with van der Waals surface area (Å²) in [6, 6.07) is 4.17. The molecule has 2 aromatic carbocycles. The largest absolute Gasteiger partial charge is 0.450 e. The van der Waals surface area contributed by atoms with Gasteiger partial charge in [-0.1, -0.05) is 0 Å². The third-order valence-electron chi connectivity index (χ3n) is 5.41. The quantitative estimate of drug-likeness (QED) is 0.605. The fourth-order valence-corrected chi connectivity index (χ4v) is 3.34. The highest BCUT2D eigenvalue weighted by Gasteiger charge is 2.14. The number of hydrogen-bond donors (Lipinski definition) is 3. The normalized spacial score (nSPS) is 10.1. The van der Waals surface area contributed by atoms with Crippen molar-refractivity contribution >= 4 is 34.5 Å². The van der Waals surface area contributed by atoms with Crippen molar-refractivity contribution in [1.82, 2.24) is 0 Å². The van der Waals surface area contributed by atoms with Crippen LogP contribution in [0, 0.1) is 34.6 Å². The van der Waals surface area contributed by atoms with E-state index in [-0.39, 0.29) is 0 Å². The first-order chi connectivity index (χ1) is 14.3. The molecule has 2 rings (SSSR count). The molecule has 172 valence electrons. The third kappa shape index (κ3) is 6.20. The molecule has 1 amide bonds. The summed E-state index contributed by atoms with van der Waals surface area (Å²) in [5, 5.41) is 2.68. The molecule has 0 radical (unpaired) electrons. The predicted molar refractivity (Wildman–Crippen MR) is 135 cm³/mol. The van der Waals surface area contributed by atoms with E-state index in [1.54, 1.807) is 6.92 Å². The van der Waals surface area contributed by atoms with E-state index in [1.165, 1.54) is 22.4 Å². The van der Waals surface area contributed by atoms with Gasteiger partial charge in [0.1, 0.15) is 0 Å². The third-order valence-corrected chi connectivity index (χ3v) is 5.41. The molecule has 0 heterocycles. The van der Waals surface area contributed by atoms with E-state index in [0.29, 0.717) is 18.0 Å². The molecule has 0 saturated heterocycles. The van der Waals surface area contributed by atoms with Crippen LogP contribution in [0.2, 0.25) is 0 Å². The molecule has 0 saturated carbocycles. The molecule has 2 aromatic rings. The second-order valence-corrected chi connectivity index (χ2v) is 8.14. The highest BCUT2D eigenvalue weighted by molar-refractivity contribution is 5.93. The van der Waals surface area contributed by atoms with E-state index in [1.807, 2.05) is 53.0 Å². The maximum atomic E-state index is 11.4. The van der Waals surface area contributed by atoms with Gasteiger partial charge in [-0.3, -0.25) is 5.32 Å². The van der Waals surface area contributed by atoms with Crippen LogP contribution in [0.3, 0.4) is 0 Å². The first kappa shape index (κ1) is 25.9. The van der Waals surface area contributed by atoms with Gasteiger partial charge < -0.3 is 26.0 Å². The molecule has 7 heteroatoms. The number of nitrogens with one attached hydrogen (secondary N) is 1. The molecule has 0 aliphatic carbocycles. The Morgan fingerprint density at radius 2 is 1.29 bits per heavy atom. The number of nitrogen functional groups attached to an aromatic ring is 2. The molecule has 0 aliphatic heterocycles. The zero-order valence-electron chi connectivity index (χ0n) is 20.7. The molecular formula is C24H39N5O2. The van der Waals surface area contributed by atoms with Crippen molar-refractivity contribution in [3.05, 3.63) is 39.9 Å². The Morgan fingerprint density at radius 1 is 0.839 bits per heavy atom. The van der Waals surface area contributed by atoms with Crippen molar-refractivity contribution in [2.75, 3.05) is 61.4 Å². The number of benzene rings is 2. The summed E-state index contributed by atoms with van der Waals surface area (Å²) >= 11 is 0. The topological polar surface area (TPSA) is 96.8 Å². The SMILES string of the molecule is CCOC(=O)Nc1c(C)cc(N(C)C)c(C)c1N.Cc1cc(N(C)C)c(C)c(N)c1C. The van der Waals surface area contributed by atoms with Crippen molar-refractivity contribution in [1.29, 1.82) is 0 Å². The lowest BCUT2D eigenvalue weighted by Crippen LogP contribution is -2.17. The average Bonchev–Trinajstić information content (AvgIpc) is 2.69. The summed E-state index contributed by atoms with van der Waals surface area (Å²) in [6.45, 7) is 12.2. The fraction of sp³-hybridized carbons (Fsp3) is 0.458. The Labute approximate surface area is 187 Å². The van der Waals surface area contributed by atoms with Crippen molar-refractivity contribution < 1.29 is 9.53 Å². The van der Waals surface area contributed by atoms with Crippen LogP contribution in [-0.2, 0) is 4.74 Å². The van der Waals surface area contributed by atoms with Gasteiger partial charge in [0, 0.05) is 45.3 Å². The Bertz CT molecular complexity index is 937. The van der Waals surface area contributed by atoms with Gasteiger partial charge in [-0.2, -0.15) is 0 Å². The second-order valence-electron chi connectivity index (χ2n) is 8.14. The van der Waals surface area contributed by atoms with E-state index in [9.17, 15) is 4.79 Å². The minimum Gasteiger partial charge on any atom is -0.450 e. The van der Waals surface area contributed by atoms with Crippen LogP contribution >= 0.6 is 0 Å². The number of carbonyl (C=O) groups excluding carboxylic acids is 1. The Hall–Kier alpha value is -3.09. The van der Waals surface area contributed by atoms with Crippen LogP contribution in [0.25, 0.3) is 0 Å². The number of ether oxygens (including phenoxy) is 1. The number of carbonyl (C=O) groups is 1. The Morgan fingerprint density at radius 3 is 1.74 bits per heavy atom. The number of anilines is 5. The minimum atomic E-state index is -0.482. The van der Waals surface area contributed by atoms with E-state index in [2.05, 4.69) is 37.1 Å². The van der Waals surface area contributed by atoms with E-state index in [0.717, 1.165) is 22.5 Å². The lowest BCUT2D eigenvalue weighted by atomic mass is 10.0. The number of nitrogens with zero attached hydrogens (tertiary/aromatic N) is 2. The van der Waals surface area contributed by atoms with E-state index < -0.39 is 6.09 Å². The number of rotatable bonds is 4. The molecule has 0 bridgehead atoms. The van der Waals surface area contributed by atoms with E-state index in [4.69, 9.17) is 16.2 Å². The summed E-state index contributed by atoms with van der Waals surface area (Å²) in [7, 11) is 7.99. The van der Waals surface area contributed by atoms with Crippen LogP contribution < -0.4 is 26.6 Å². The number of aryl methyl sites for hydroxylation is 2. The van der Waals surface area contributed by atoms with Gasteiger partial charge >= 0.3 is 6.09 Å². The summed E-state index contributed by atoms with van der Waals surface area (Å²) < 4.78 is 4.86. The van der Waals surface area contributed by atoms with Crippen LogP contribution in [-0.4, -0.2) is 40.9 Å². The summed E-state index contributed by atoms with van der Waals surface area (Å²) in [4.78, 5) is 15.5. The number of amides is 1. The molecule has 31 heavy (non-hydrogen) atoms. The molecule has 0 spiro atoms. The first-order valence-corrected chi connectivity index (χ1v) is 10.4. The molecule has 0 atom stereocenters. The van der Waals surface area contributed by atoms with Crippen LogP contribution in [0.4, 0.5) is 33.2 Å². The lowest BCUT2D eigenvalue weighted by Gasteiger charge is -2.21. The van der Waals surface area contributed by atoms with Crippen LogP contribution in [0.1, 0.15) is 34.7 Å². The maximum Gasteiger partial charge on any atom is 0.411 e. The number of nitrogens with two attached hydrogens (primary N) is 2. The molecule has 7 nitrogen and oxygen atoms in total. The molecule has 0 aliphatic rings. The summed E-state index contributed by atoms with van der Waals surface area (Å²) in [5.41, 5.74) is 21.9. The molecular weight excluding hydrogens is 390 g/mol. The van der Waals surface area contributed by atoms with Crippen LogP contribution in [0.15, 0.2) is 12.1 Å². The van der Waals surface area contributed by atoms with Crippen molar-refractivity contribution in [3.8, 4) is 0 Å². The molecule has 0 aromatic heterocycles. The number of hydrogen-bond acceptors (Lipinski definition) is 6. The monoisotopic (exact) mass is 429 g/mol. The van der Waals surface area contributed by atoms with Crippen molar-refractivity contribution in [3.63, 3.8) is 0 Å². The average molecular weight is 430 g/mol. The molecule has 5 N–H and O–H groups in total. The van der Waals surface area contributed by atoms with Gasteiger partial charge in [-0.15, -0.1) is 0 Å². The van der Waals surface area contributed by atoms with Gasteiger partial charge in [0.25, 0.3) is 0 Å². The van der Waals surface area contributed by atoms with Crippen LogP contribution in [0.5, 0.6) is 0 Å². The minimum absolute atomic E-state index is 0.333. The zero-order valence-corrected chi connectivity index (χ0v) is 20.7. The Balaban J connectivity index is 0.000000327. The van der Waals surface area contributed by atoms with Crippen molar-refractivity contribution in [2.24, 2.45) is 0 Å². The van der Waals surface area contributed by atoms with Gasteiger partial charge in [-0.25, -0.2) is 4.79 Å². The van der Waals surface area contributed by atoms with Gasteiger partial charge in [0.05, 0.1) is 18.0 Å². The van der Waals surface area contributed by atoms with Gasteiger partial charge in [0.15, 0.2) is 0 Å². The maximum absolute atomic E-state index is 11.4. The zero-order chi connectivity index (χ0) is 24.0. The van der Waals surface area contributed by atoms with Gasteiger partial charge in [0.2, 0.25) is 0 Å². The smallest absolute Gasteiger partial charge is 0.411 e. The predicted octanol–water partition coefficient (Wildman–Crippen LogP) is 4.78. The highest BCUT2D eigenvalue weighted by atomic mass is 16.5. The lowest BCUT2D eigenvalue weighted by molar-refractivity contribution is 0.168. The van der Waals surface area contributed by atoms with Crippen molar-refractivity contribution in [2.45, 2.75) is 41.5 Å². The van der Waals surface area contributed by atoms with E-state index >= 15 is 0 Å². The molecule has 0 unspecified atom stereocenters. The second kappa shape index (κ2) is 10.8. The summed E-state index contributed by atoms with van der Waals surface area (Å²) in [5.74, 6) is 0. The Kier molecular flexibility index (Phi) is 9.03. The highest BCUT2D eigenvalue weighted by Crippen LogP contribution is 2.34. The standard InChI is InChI=1S/C13H21N3O2.C11H18N2/c1-6-18-13(17)15-12-8(2)7-10(16(4)5)9(3)11(12)14;1-7-6-10(13(4)5)9(3)11(12)8(7)2/h7H,6,14H2,1-5H3,(H,15,17);6H,12H2,1-5H3. The first-order valence-electron chi connectivity index (χ1n) is 10.4. The molecule has 0 fully saturated rings.